The summed E-state index contributed by atoms with van der Waals surface area (Å²) < 4.78 is 5.05. The highest BCUT2D eigenvalue weighted by Crippen LogP contribution is 2.11. The first-order valence-electron chi connectivity index (χ1n) is 7.29. The van der Waals surface area contributed by atoms with Gasteiger partial charge in [-0.2, -0.15) is 0 Å². The van der Waals surface area contributed by atoms with E-state index in [1.807, 2.05) is 29.6 Å². The van der Waals surface area contributed by atoms with E-state index in [4.69, 9.17) is 4.74 Å². The standard InChI is InChI=1S/C17H15N3O3S/c1-20(10-12-5-4-8-24-12)16(21)11-23-17(22)15-9-18-13-6-2-3-7-14(13)19-15/h2-9H,10-11H2,1H3. The van der Waals surface area contributed by atoms with E-state index >= 15 is 0 Å². The van der Waals surface area contributed by atoms with Crippen molar-refractivity contribution < 1.29 is 14.3 Å². The maximum Gasteiger partial charge on any atom is 0.359 e. The van der Waals surface area contributed by atoms with Crippen LogP contribution in [0.3, 0.4) is 0 Å². The number of esters is 1. The topological polar surface area (TPSA) is 72.4 Å². The number of ether oxygens (including phenoxy) is 1. The molecule has 6 nitrogen and oxygen atoms in total. The molecule has 1 amide bonds. The second-order valence-corrected chi connectivity index (χ2v) is 6.18. The van der Waals surface area contributed by atoms with E-state index in [2.05, 4.69) is 9.97 Å². The summed E-state index contributed by atoms with van der Waals surface area (Å²) in [5, 5.41) is 1.95. The van der Waals surface area contributed by atoms with Gasteiger partial charge in [0.15, 0.2) is 12.3 Å². The molecule has 0 spiro atoms. The highest BCUT2D eigenvalue weighted by atomic mass is 32.1. The first-order chi connectivity index (χ1) is 11.6. The molecule has 1 aromatic carbocycles. The molecular weight excluding hydrogens is 326 g/mol. The van der Waals surface area contributed by atoms with Crippen molar-refractivity contribution in [2.24, 2.45) is 0 Å². The van der Waals surface area contributed by atoms with Gasteiger partial charge in [-0.05, 0) is 23.6 Å². The maximum absolute atomic E-state index is 12.0. The third-order valence-electron chi connectivity index (χ3n) is 3.38. The van der Waals surface area contributed by atoms with Gasteiger partial charge in [0.2, 0.25) is 0 Å². The van der Waals surface area contributed by atoms with Crippen LogP contribution in [0.2, 0.25) is 0 Å². The molecule has 0 fully saturated rings. The molecule has 0 saturated heterocycles. The van der Waals surface area contributed by atoms with Crippen molar-refractivity contribution >= 4 is 34.2 Å². The van der Waals surface area contributed by atoms with E-state index in [-0.39, 0.29) is 18.2 Å². The number of fused-ring (bicyclic) bond motifs is 1. The number of hydrogen-bond donors (Lipinski definition) is 0. The lowest BCUT2D eigenvalue weighted by Gasteiger charge is -2.16. The van der Waals surface area contributed by atoms with E-state index in [1.54, 1.807) is 30.5 Å². The van der Waals surface area contributed by atoms with Crippen molar-refractivity contribution in [1.82, 2.24) is 14.9 Å². The van der Waals surface area contributed by atoms with Crippen molar-refractivity contribution in [3.63, 3.8) is 0 Å². The predicted octanol–water partition coefficient (Wildman–Crippen LogP) is 2.51. The minimum atomic E-state index is -0.661. The number of para-hydroxylation sites is 2. The highest BCUT2D eigenvalue weighted by molar-refractivity contribution is 7.09. The zero-order valence-electron chi connectivity index (χ0n) is 13.0. The second-order valence-electron chi connectivity index (χ2n) is 5.15. The van der Waals surface area contributed by atoms with E-state index in [9.17, 15) is 9.59 Å². The van der Waals surface area contributed by atoms with Crippen LogP contribution < -0.4 is 0 Å². The molecule has 3 rings (SSSR count). The first kappa shape index (κ1) is 16.1. The Balaban J connectivity index is 1.58. The predicted molar refractivity (Wildman–Crippen MR) is 90.6 cm³/mol. The molecule has 0 N–H and O–H groups in total. The molecule has 0 aliphatic heterocycles. The lowest BCUT2D eigenvalue weighted by Crippen LogP contribution is -2.30. The summed E-state index contributed by atoms with van der Waals surface area (Å²) in [6, 6.07) is 11.1. The summed E-state index contributed by atoms with van der Waals surface area (Å²) >= 11 is 1.57. The Kier molecular flexibility index (Phi) is 4.81. The number of aromatic nitrogens is 2. The van der Waals surface area contributed by atoms with E-state index in [0.717, 1.165) is 4.88 Å². The molecule has 3 aromatic rings. The van der Waals surface area contributed by atoms with Gasteiger partial charge in [0.25, 0.3) is 5.91 Å². The zero-order chi connectivity index (χ0) is 16.9. The van der Waals surface area contributed by atoms with Crippen molar-refractivity contribution in [1.29, 1.82) is 0 Å². The summed E-state index contributed by atoms with van der Waals surface area (Å²) in [5.41, 5.74) is 1.39. The van der Waals surface area contributed by atoms with E-state index in [0.29, 0.717) is 17.6 Å². The summed E-state index contributed by atoms with van der Waals surface area (Å²) in [6.07, 6.45) is 1.35. The Labute approximate surface area is 142 Å². The van der Waals surface area contributed by atoms with E-state index < -0.39 is 5.97 Å². The molecule has 0 unspecified atom stereocenters. The average Bonchev–Trinajstić information content (AvgIpc) is 3.11. The fourth-order valence-electron chi connectivity index (χ4n) is 2.09. The van der Waals surface area contributed by atoms with Crippen molar-refractivity contribution in [3.8, 4) is 0 Å². The Hall–Kier alpha value is -2.80. The maximum atomic E-state index is 12.0. The molecular formula is C17H15N3O3S. The number of carbonyl (C=O) groups is 2. The van der Waals surface area contributed by atoms with Crippen LogP contribution in [-0.2, 0) is 16.1 Å². The van der Waals surface area contributed by atoms with Crippen LogP contribution in [0.4, 0.5) is 0 Å². The number of amides is 1. The van der Waals surface area contributed by atoms with Gasteiger partial charge in [-0.15, -0.1) is 11.3 Å². The zero-order valence-corrected chi connectivity index (χ0v) is 13.8. The highest BCUT2D eigenvalue weighted by Gasteiger charge is 2.15. The van der Waals surface area contributed by atoms with Crippen LogP contribution in [0.1, 0.15) is 15.4 Å². The number of hydrogen-bond acceptors (Lipinski definition) is 6. The minimum absolute atomic E-state index is 0.0856. The molecule has 0 atom stereocenters. The average molecular weight is 341 g/mol. The van der Waals surface area contributed by atoms with Crippen LogP contribution >= 0.6 is 11.3 Å². The Bertz CT molecular complexity index is 864. The number of carbonyl (C=O) groups excluding carboxylic acids is 2. The monoisotopic (exact) mass is 341 g/mol. The Morgan fingerprint density at radius 2 is 1.96 bits per heavy atom. The quantitative estimate of drug-likeness (QED) is 0.667. The van der Waals surface area contributed by atoms with Gasteiger partial charge in [0.05, 0.1) is 23.8 Å². The number of likely N-dealkylation sites (N-methyl/N-ethyl adjacent to an activating group) is 1. The molecule has 2 heterocycles. The molecule has 0 aliphatic carbocycles. The SMILES string of the molecule is CN(Cc1cccs1)C(=O)COC(=O)c1cnc2ccccc2n1. The summed E-state index contributed by atoms with van der Waals surface area (Å²) in [7, 11) is 1.67. The lowest BCUT2D eigenvalue weighted by atomic mass is 10.3. The van der Waals surface area contributed by atoms with Gasteiger partial charge < -0.3 is 9.64 Å². The van der Waals surface area contributed by atoms with Crippen LogP contribution in [0.5, 0.6) is 0 Å². The second kappa shape index (κ2) is 7.18. The fourth-order valence-corrected chi connectivity index (χ4v) is 2.85. The normalized spacial score (nSPS) is 10.5. The van der Waals surface area contributed by atoms with Gasteiger partial charge in [0.1, 0.15) is 0 Å². The fraction of sp³-hybridized carbons (Fsp3) is 0.176. The van der Waals surface area contributed by atoms with Crippen LogP contribution in [0.15, 0.2) is 48.0 Å². The molecule has 0 aliphatic rings. The van der Waals surface area contributed by atoms with Gasteiger partial charge in [-0.3, -0.25) is 9.78 Å². The third kappa shape index (κ3) is 3.75. The summed E-state index contributed by atoms with van der Waals surface area (Å²) in [6.45, 7) is 0.166. The van der Waals surface area contributed by atoms with Gasteiger partial charge in [-0.1, -0.05) is 18.2 Å². The first-order valence-corrected chi connectivity index (χ1v) is 8.17. The smallest absolute Gasteiger partial charge is 0.359 e. The number of benzene rings is 1. The van der Waals surface area contributed by atoms with Gasteiger partial charge in [0, 0.05) is 11.9 Å². The number of nitrogens with zero attached hydrogens (tertiary/aromatic N) is 3. The molecule has 2 aromatic heterocycles. The molecule has 0 radical (unpaired) electrons. The summed E-state index contributed by atoms with van der Waals surface area (Å²) in [5.74, 6) is -0.934. The summed E-state index contributed by atoms with van der Waals surface area (Å²) in [4.78, 5) is 35.0. The number of thiophene rings is 1. The van der Waals surface area contributed by atoms with Crippen molar-refractivity contribution in [2.75, 3.05) is 13.7 Å². The molecule has 0 bridgehead atoms. The Morgan fingerprint density at radius 1 is 1.17 bits per heavy atom. The minimum Gasteiger partial charge on any atom is -0.451 e. The van der Waals surface area contributed by atoms with Crippen molar-refractivity contribution in [3.05, 3.63) is 58.5 Å². The molecule has 122 valence electrons. The Morgan fingerprint density at radius 3 is 2.71 bits per heavy atom. The van der Waals surface area contributed by atoms with Crippen molar-refractivity contribution in [2.45, 2.75) is 6.54 Å². The van der Waals surface area contributed by atoms with Crippen LogP contribution in [0.25, 0.3) is 11.0 Å². The van der Waals surface area contributed by atoms with E-state index in [1.165, 1.54) is 11.1 Å². The largest absolute Gasteiger partial charge is 0.451 e. The molecule has 7 heteroatoms. The molecule has 24 heavy (non-hydrogen) atoms. The third-order valence-corrected chi connectivity index (χ3v) is 4.24. The lowest BCUT2D eigenvalue weighted by molar-refractivity contribution is -0.133. The van der Waals surface area contributed by atoms with Crippen LogP contribution in [-0.4, -0.2) is 40.4 Å². The number of rotatable bonds is 5. The van der Waals surface area contributed by atoms with Crippen LogP contribution in [0, 0.1) is 0 Å². The van der Waals surface area contributed by atoms with Gasteiger partial charge >= 0.3 is 5.97 Å². The van der Waals surface area contributed by atoms with Gasteiger partial charge in [-0.25, -0.2) is 9.78 Å². The molecule has 0 saturated carbocycles.